The molecule has 2 amide bonds. The molecule has 0 bridgehead atoms. The molecule has 3 N–H and O–H groups in total. The van der Waals surface area contributed by atoms with Gasteiger partial charge in [-0.1, -0.05) is 19.9 Å². The van der Waals surface area contributed by atoms with E-state index in [1.807, 2.05) is 13.8 Å². The van der Waals surface area contributed by atoms with E-state index in [-0.39, 0.29) is 24.1 Å². The van der Waals surface area contributed by atoms with Gasteiger partial charge >= 0.3 is 0 Å². The van der Waals surface area contributed by atoms with Gasteiger partial charge in [0.25, 0.3) is 5.91 Å². The molecule has 0 spiro atoms. The van der Waals surface area contributed by atoms with Gasteiger partial charge in [-0.05, 0) is 25.0 Å². The van der Waals surface area contributed by atoms with Crippen molar-refractivity contribution in [2.24, 2.45) is 5.92 Å². The van der Waals surface area contributed by atoms with Crippen LogP contribution in [0.3, 0.4) is 0 Å². The van der Waals surface area contributed by atoms with Crippen molar-refractivity contribution in [1.82, 2.24) is 10.6 Å². The molecule has 0 saturated heterocycles. The summed E-state index contributed by atoms with van der Waals surface area (Å²) in [5.41, 5.74) is 0.874. The summed E-state index contributed by atoms with van der Waals surface area (Å²) in [7, 11) is 0. The van der Waals surface area contributed by atoms with Gasteiger partial charge in [-0.15, -0.1) is 0 Å². The second kappa shape index (κ2) is 6.78. The molecular weight excluding hydrogens is 244 g/mol. The summed E-state index contributed by atoms with van der Waals surface area (Å²) >= 11 is 0. The predicted octanol–water partition coefficient (Wildman–Crippen LogP) is 1.20. The molecule has 0 radical (unpaired) electrons. The van der Waals surface area contributed by atoms with Crippen LogP contribution in [-0.4, -0.2) is 30.0 Å². The zero-order chi connectivity index (χ0) is 14.4. The van der Waals surface area contributed by atoms with Crippen molar-refractivity contribution < 1.29 is 14.7 Å². The molecule has 19 heavy (non-hydrogen) atoms. The van der Waals surface area contributed by atoms with Gasteiger partial charge in [0.1, 0.15) is 5.75 Å². The molecule has 5 nitrogen and oxygen atoms in total. The molecule has 5 heteroatoms. The summed E-state index contributed by atoms with van der Waals surface area (Å²) in [6.45, 7) is 6.16. The second-order valence-corrected chi connectivity index (χ2v) is 4.83. The number of benzene rings is 1. The zero-order valence-electron chi connectivity index (χ0n) is 11.5. The van der Waals surface area contributed by atoms with Crippen LogP contribution in [0.4, 0.5) is 0 Å². The molecule has 1 aromatic rings. The van der Waals surface area contributed by atoms with E-state index in [1.165, 1.54) is 6.07 Å². The first-order valence-electron chi connectivity index (χ1n) is 6.25. The van der Waals surface area contributed by atoms with Gasteiger partial charge < -0.3 is 15.7 Å². The van der Waals surface area contributed by atoms with Crippen LogP contribution in [0, 0.1) is 12.8 Å². The average molecular weight is 264 g/mol. The Bertz CT molecular complexity index is 470. The number of amides is 2. The Morgan fingerprint density at radius 1 is 1.26 bits per heavy atom. The van der Waals surface area contributed by atoms with E-state index >= 15 is 0 Å². The number of nitrogens with one attached hydrogen (secondary N) is 2. The van der Waals surface area contributed by atoms with Crippen molar-refractivity contribution in [2.45, 2.75) is 20.8 Å². The molecular formula is C14H20N2O3. The van der Waals surface area contributed by atoms with E-state index in [1.54, 1.807) is 19.1 Å². The van der Waals surface area contributed by atoms with Crippen molar-refractivity contribution >= 4 is 11.8 Å². The van der Waals surface area contributed by atoms with Gasteiger partial charge in [-0.2, -0.15) is 0 Å². The molecule has 0 atom stereocenters. The standard InChI is InChI=1S/C14H20N2O3/c1-9(2)7-15-13(18)8-16-14(19)11-5-4-6-12(17)10(11)3/h4-6,9,17H,7-8H2,1-3H3,(H,15,18)(H,16,19). The number of carbonyl (C=O) groups is 2. The van der Waals surface area contributed by atoms with E-state index < -0.39 is 0 Å². The molecule has 0 aliphatic rings. The fraction of sp³-hybridized carbons (Fsp3) is 0.429. The van der Waals surface area contributed by atoms with Crippen LogP contribution in [0.5, 0.6) is 5.75 Å². The number of hydrogen-bond acceptors (Lipinski definition) is 3. The van der Waals surface area contributed by atoms with Crippen LogP contribution in [-0.2, 0) is 4.79 Å². The summed E-state index contributed by atoms with van der Waals surface area (Å²) < 4.78 is 0. The first kappa shape index (κ1) is 15.0. The normalized spacial score (nSPS) is 10.3. The molecule has 0 aliphatic heterocycles. The van der Waals surface area contributed by atoms with Crippen molar-refractivity contribution in [2.75, 3.05) is 13.1 Å². The summed E-state index contributed by atoms with van der Waals surface area (Å²) in [4.78, 5) is 23.3. The molecule has 1 aromatic carbocycles. The van der Waals surface area contributed by atoms with E-state index in [2.05, 4.69) is 10.6 Å². The summed E-state index contributed by atoms with van der Waals surface area (Å²) in [6, 6.07) is 4.72. The molecule has 0 unspecified atom stereocenters. The van der Waals surface area contributed by atoms with Crippen molar-refractivity contribution in [3.63, 3.8) is 0 Å². The summed E-state index contributed by atoms with van der Waals surface area (Å²) in [6.07, 6.45) is 0. The lowest BCUT2D eigenvalue weighted by molar-refractivity contribution is -0.120. The highest BCUT2D eigenvalue weighted by Crippen LogP contribution is 2.19. The minimum Gasteiger partial charge on any atom is -0.508 e. The summed E-state index contributed by atoms with van der Waals surface area (Å²) in [5.74, 6) is -0.155. The monoisotopic (exact) mass is 264 g/mol. The Morgan fingerprint density at radius 2 is 1.95 bits per heavy atom. The van der Waals surface area contributed by atoms with Gasteiger partial charge in [-0.3, -0.25) is 9.59 Å². The van der Waals surface area contributed by atoms with Crippen LogP contribution in [0.25, 0.3) is 0 Å². The topological polar surface area (TPSA) is 78.4 Å². The first-order valence-corrected chi connectivity index (χ1v) is 6.25. The highest BCUT2D eigenvalue weighted by atomic mass is 16.3. The number of hydrogen-bond donors (Lipinski definition) is 3. The highest BCUT2D eigenvalue weighted by molar-refractivity contribution is 5.98. The lowest BCUT2D eigenvalue weighted by Crippen LogP contribution is -2.38. The van der Waals surface area contributed by atoms with Crippen LogP contribution in [0.15, 0.2) is 18.2 Å². The smallest absolute Gasteiger partial charge is 0.252 e. The Hall–Kier alpha value is -2.04. The number of phenols is 1. The van der Waals surface area contributed by atoms with Crippen LogP contribution < -0.4 is 10.6 Å². The lowest BCUT2D eigenvalue weighted by atomic mass is 10.1. The first-order chi connectivity index (χ1) is 8.91. The number of rotatable bonds is 5. The Labute approximate surface area is 113 Å². The zero-order valence-corrected chi connectivity index (χ0v) is 11.5. The lowest BCUT2D eigenvalue weighted by Gasteiger charge is -2.10. The van der Waals surface area contributed by atoms with E-state index in [0.717, 1.165) is 0 Å². The fourth-order valence-corrected chi connectivity index (χ4v) is 1.51. The third-order valence-electron chi connectivity index (χ3n) is 2.67. The van der Waals surface area contributed by atoms with Crippen molar-refractivity contribution in [3.8, 4) is 5.75 Å². The minimum atomic E-state index is -0.368. The molecule has 1 rings (SSSR count). The summed E-state index contributed by atoms with van der Waals surface area (Å²) in [5, 5.41) is 14.8. The number of phenolic OH excluding ortho intramolecular Hbond substituents is 1. The van der Waals surface area contributed by atoms with Crippen LogP contribution >= 0.6 is 0 Å². The molecule has 0 saturated carbocycles. The highest BCUT2D eigenvalue weighted by Gasteiger charge is 2.12. The van der Waals surface area contributed by atoms with Crippen molar-refractivity contribution in [3.05, 3.63) is 29.3 Å². The predicted molar refractivity (Wildman–Crippen MR) is 73.0 cm³/mol. The van der Waals surface area contributed by atoms with Crippen molar-refractivity contribution in [1.29, 1.82) is 0 Å². The Balaban J connectivity index is 2.52. The van der Waals surface area contributed by atoms with Gasteiger partial charge in [0.15, 0.2) is 0 Å². The Morgan fingerprint density at radius 3 is 2.58 bits per heavy atom. The average Bonchev–Trinajstić information content (AvgIpc) is 2.36. The van der Waals surface area contributed by atoms with Gasteiger partial charge in [0, 0.05) is 17.7 Å². The van der Waals surface area contributed by atoms with Gasteiger partial charge in [0.2, 0.25) is 5.91 Å². The van der Waals surface area contributed by atoms with E-state index in [4.69, 9.17) is 0 Å². The molecule has 0 aliphatic carbocycles. The maximum absolute atomic E-state index is 11.9. The Kier molecular flexibility index (Phi) is 5.36. The maximum Gasteiger partial charge on any atom is 0.252 e. The maximum atomic E-state index is 11.9. The van der Waals surface area contributed by atoms with Crippen LogP contribution in [0.2, 0.25) is 0 Å². The molecule has 0 fully saturated rings. The van der Waals surface area contributed by atoms with Crippen LogP contribution in [0.1, 0.15) is 29.8 Å². The van der Waals surface area contributed by atoms with E-state index in [0.29, 0.717) is 23.6 Å². The number of aromatic hydroxyl groups is 1. The third-order valence-corrected chi connectivity index (χ3v) is 2.67. The third kappa shape index (κ3) is 4.62. The number of carbonyl (C=O) groups excluding carboxylic acids is 2. The SMILES string of the molecule is Cc1c(O)cccc1C(=O)NCC(=O)NCC(C)C. The molecule has 104 valence electrons. The van der Waals surface area contributed by atoms with Gasteiger partial charge in [-0.25, -0.2) is 0 Å². The quantitative estimate of drug-likeness (QED) is 0.747. The fourth-order valence-electron chi connectivity index (χ4n) is 1.51. The molecule has 0 heterocycles. The minimum absolute atomic E-state index is 0.0666. The van der Waals surface area contributed by atoms with Gasteiger partial charge in [0.05, 0.1) is 6.54 Å². The molecule has 0 aromatic heterocycles. The largest absolute Gasteiger partial charge is 0.508 e. The van der Waals surface area contributed by atoms with E-state index in [9.17, 15) is 14.7 Å². The second-order valence-electron chi connectivity index (χ2n) is 4.83.